The quantitative estimate of drug-likeness (QED) is 0.776. The van der Waals surface area contributed by atoms with E-state index in [1.165, 1.54) is 6.20 Å². The summed E-state index contributed by atoms with van der Waals surface area (Å²) >= 11 is 5.71. The molecule has 1 heterocycles. The van der Waals surface area contributed by atoms with E-state index in [-0.39, 0.29) is 17.8 Å². The summed E-state index contributed by atoms with van der Waals surface area (Å²) in [6.45, 7) is 4.73. The SMILES string of the molecule is CC(C)CC(CN)CC(=O)Nc1nccc(Cl)n1. The van der Waals surface area contributed by atoms with Crippen LogP contribution in [-0.4, -0.2) is 22.4 Å². The van der Waals surface area contributed by atoms with Gasteiger partial charge in [0.1, 0.15) is 5.15 Å². The first-order valence-electron chi connectivity index (χ1n) is 5.99. The first-order valence-corrected chi connectivity index (χ1v) is 6.37. The first kappa shape index (κ1) is 14.9. The molecule has 5 nitrogen and oxygen atoms in total. The van der Waals surface area contributed by atoms with E-state index in [0.717, 1.165) is 6.42 Å². The topological polar surface area (TPSA) is 80.9 Å². The zero-order valence-corrected chi connectivity index (χ0v) is 11.4. The summed E-state index contributed by atoms with van der Waals surface area (Å²) in [6.07, 6.45) is 2.81. The molecular formula is C12H19ClN4O. The number of carbonyl (C=O) groups excluding carboxylic acids is 1. The number of nitrogens with one attached hydrogen (secondary N) is 1. The van der Waals surface area contributed by atoms with E-state index >= 15 is 0 Å². The van der Waals surface area contributed by atoms with Crippen molar-refractivity contribution in [3.05, 3.63) is 17.4 Å². The molecule has 0 radical (unpaired) electrons. The van der Waals surface area contributed by atoms with E-state index in [1.54, 1.807) is 6.07 Å². The maximum atomic E-state index is 11.8. The van der Waals surface area contributed by atoms with Crippen molar-refractivity contribution >= 4 is 23.5 Å². The predicted octanol–water partition coefficient (Wildman–Crippen LogP) is 2.08. The standard InChI is InChI=1S/C12H19ClN4O/c1-8(2)5-9(7-14)6-11(18)17-12-15-4-3-10(13)16-12/h3-4,8-9H,5-7,14H2,1-2H3,(H,15,16,17,18). The molecule has 0 aliphatic rings. The number of halogens is 1. The number of aromatic nitrogens is 2. The summed E-state index contributed by atoms with van der Waals surface area (Å²) < 4.78 is 0. The van der Waals surface area contributed by atoms with E-state index < -0.39 is 0 Å². The van der Waals surface area contributed by atoms with Gasteiger partial charge < -0.3 is 5.73 Å². The van der Waals surface area contributed by atoms with E-state index in [1.807, 2.05) is 0 Å². The second-order valence-electron chi connectivity index (χ2n) is 4.69. The minimum absolute atomic E-state index is 0.131. The van der Waals surface area contributed by atoms with Crippen molar-refractivity contribution in [1.82, 2.24) is 9.97 Å². The van der Waals surface area contributed by atoms with Crippen molar-refractivity contribution in [3.63, 3.8) is 0 Å². The van der Waals surface area contributed by atoms with Crippen molar-refractivity contribution in [2.75, 3.05) is 11.9 Å². The molecular weight excluding hydrogens is 252 g/mol. The molecule has 0 aliphatic heterocycles. The van der Waals surface area contributed by atoms with Crippen LogP contribution in [0.4, 0.5) is 5.95 Å². The van der Waals surface area contributed by atoms with E-state index in [9.17, 15) is 4.79 Å². The largest absolute Gasteiger partial charge is 0.330 e. The molecule has 0 fully saturated rings. The molecule has 1 atom stereocenters. The number of carbonyl (C=O) groups is 1. The van der Waals surface area contributed by atoms with Gasteiger partial charge in [-0.25, -0.2) is 9.97 Å². The van der Waals surface area contributed by atoms with Crippen LogP contribution < -0.4 is 11.1 Å². The second-order valence-corrected chi connectivity index (χ2v) is 5.07. The molecule has 1 unspecified atom stereocenters. The Morgan fingerprint density at radius 3 is 2.83 bits per heavy atom. The Hall–Kier alpha value is -1.20. The highest BCUT2D eigenvalue weighted by molar-refractivity contribution is 6.29. The number of anilines is 1. The molecule has 1 rings (SSSR count). The maximum Gasteiger partial charge on any atom is 0.230 e. The maximum absolute atomic E-state index is 11.8. The molecule has 0 saturated carbocycles. The molecule has 1 aromatic heterocycles. The molecule has 0 aromatic carbocycles. The van der Waals surface area contributed by atoms with Gasteiger partial charge in [0.15, 0.2) is 0 Å². The van der Waals surface area contributed by atoms with Crippen LogP contribution in [0.3, 0.4) is 0 Å². The normalized spacial score (nSPS) is 12.5. The summed E-state index contributed by atoms with van der Waals surface area (Å²) in [4.78, 5) is 19.6. The number of nitrogens with zero attached hydrogens (tertiary/aromatic N) is 2. The van der Waals surface area contributed by atoms with E-state index in [2.05, 4.69) is 29.1 Å². The summed E-state index contributed by atoms with van der Waals surface area (Å²) in [7, 11) is 0. The van der Waals surface area contributed by atoms with Gasteiger partial charge in [-0.05, 0) is 30.9 Å². The Morgan fingerprint density at radius 2 is 2.28 bits per heavy atom. The second kappa shape index (κ2) is 7.28. The van der Waals surface area contributed by atoms with Gasteiger partial charge in [0.05, 0.1) is 0 Å². The Morgan fingerprint density at radius 1 is 1.56 bits per heavy atom. The number of hydrogen-bond donors (Lipinski definition) is 2. The Balaban J connectivity index is 2.50. The molecule has 6 heteroatoms. The lowest BCUT2D eigenvalue weighted by molar-refractivity contribution is -0.117. The van der Waals surface area contributed by atoms with Crippen LogP contribution in [0.2, 0.25) is 5.15 Å². The number of nitrogens with two attached hydrogens (primary N) is 1. The molecule has 3 N–H and O–H groups in total. The molecule has 1 aromatic rings. The first-order chi connectivity index (χ1) is 8.51. The summed E-state index contributed by atoms with van der Waals surface area (Å²) in [5, 5.41) is 2.92. The van der Waals surface area contributed by atoms with Gasteiger partial charge in [0.25, 0.3) is 0 Å². The zero-order chi connectivity index (χ0) is 13.5. The predicted molar refractivity (Wildman–Crippen MR) is 72.3 cm³/mol. The van der Waals surface area contributed by atoms with Crippen molar-refractivity contribution in [2.45, 2.75) is 26.7 Å². The van der Waals surface area contributed by atoms with Crippen LogP contribution in [-0.2, 0) is 4.79 Å². The fraction of sp³-hybridized carbons (Fsp3) is 0.583. The molecule has 18 heavy (non-hydrogen) atoms. The average Bonchev–Trinajstić information content (AvgIpc) is 2.27. The highest BCUT2D eigenvalue weighted by atomic mass is 35.5. The van der Waals surface area contributed by atoms with Crippen LogP contribution in [0.15, 0.2) is 12.3 Å². The van der Waals surface area contributed by atoms with Gasteiger partial charge >= 0.3 is 0 Å². The lowest BCUT2D eigenvalue weighted by Crippen LogP contribution is -2.24. The zero-order valence-electron chi connectivity index (χ0n) is 10.7. The molecule has 0 aliphatic carbocycles. The highest BCUT2D eigenvalue weighted by Gasteiger charge is 2.14. The average molecular weight is 271 g/mol. The van der Waals surface area contributed by atoms with Crippen molar-refractivity contribution < 1.29 is 4.79 Å². The van der Waals surface area contributed by atoms with Gasteiger partial charge in [-0.3, -0.25) is 10.1 Å². The fourth-order valence-electron chi connectivity index (χ4n) is 1.76. The smallest absolute Gasteiger partial charge is 0.230 e. The number of rotatable bonds is 6. The van der Waals surface area contributed by atoms with Gasteiger partial charge in [-0.2, -0.15) is 0 Å². The lowest BCUT2D eigenvalue weighted by Gasteiger charge is -2.16. The van der Waals surface area contributed by atoms with Gasteiger partial charge in [0, 0.05) is 12.6 Å². The van der Waals surface area contributed by atoms with Gasteiger partial charge in [-0.15, -0.1) is 0 Å². The van der Waals surface area contributed by atoms with Crippen molar-refractivity contribution in [1.29, 1.82) is 0 Å². The van der Waals surface area contributed by atoms with E-state index in [0.29, 0.717) is 24.0 Å². The third kappa shape index (κ3) is 5.42. The summed E-state index contributed by atoms with van der Waals surface area (Å²) in [6, 6.07) is 1.55. The Labute approximate surface area is 112 Å². The fourth-order valence-corrected chi connectivity index (χ4v) is 1.90. The molecule has 100 valence electrons. The minimum atomic E-state index is -0.131. The number of amides is 1. The van der Waals surface area contributed by atoms with Gasteiger partial charge in [-0.1, -0.05) is 25.4 Å². The van der Waals surface area contributed by atoms with Crippen LogP contribution in [0, 0.1) is 11.8 Å². The third-order valence-corrected chi connectivity index (χ3v) is 2.70. The molecule has 1 amide bonds. The van der Waals surface area contributed by atoms with Crippen LogP contribution >= 0.6 is 11.6 Å². The van der Waals surface area contributed by atoms with Crippen molar-refractivity contribution in [2.24, 2.45) is 17.6 Å². The van der Waals surface area contributed by atoms with Crippen LogP contribution in [0.1, 0.15) is 26.7 Å². The molecule has 0 saturated heterocycles. The Kier molecular flexibility index (Phi) is 6.01. The molecule has 0 bridgehead atoms. The van der Waals surface area contributed by atoms with Crippen LogP contribution in [0.5, 0.6) is 0 Å². The summed E-state index contributed by atoms with van der Waals surface area (Å²) in [5.74, 6) is 0.805. The lowest BCUT2D eigenvalue weighted by atomic mass is 9.94. The third-order valence-electron chi connectivity index (χ3n) is 2.48. The number of hydrogen-bond acceptors (Lipinski definition) is 4. The molecule has 0 spiro atoms. The summed E-state index contributed by atoms with van der Waals surface area (Å²) in [5.41, 5.74) is 5.65. The Bertz CT molecular complexity index is 397. The monoisotopic (exact) mass is 270 g/mol. The van der Waals surface area contributed by atoms with Crippen molar-refractivity contribution in [3.8, 4) is 0 Å². The van der Waals surface area contributed by atoms with Crippen LogP contribution in [0.25, 0.3) is 0 Å². The minimum Gasteiger partial charge on any atom is -0.330 e. The van der Waals surface area contributed by atoms with Gasteiger partial charge in [0.2, 0.25) is 11.9 Å². The van der Waals surface area contributed by atoms with E-state index in [4.69, 9.17) is 17.3 Å². The highest BCUT2D eigenvalue weighted by Crippen LogP contribution is 2.15.